The zero-order chi connectivity index (χ0) is 17.0. The van der Waals surface area contributed by atoms with Crippen molar-refractivity contribution in [2.24, 2.45) is 5.92 Å². The summed E-state index contributed by atoms with van der Waals surface area (Å²) in [5, 5.41) is 0. The average Bonchev–Trinajstić information content (AvgIpc) is 2.54. The Morgan fingerprint density at radius 2 is 1.65 bits per heavy atom. The van der Waals surface area contributed by atoms with Crippen LogP contribution in [-0.2, 0) is 19.1 Å². The number of likely N-dealkylation sites (tertiary alicyclic amines) is 2. The fourth-order valence-electron chi connectivity index (χ4n) is 3.68. The van der Waals surface area contributed by atoms with Gasteiger partial charge in [-0.25, -0.2) is 0 Å². The zero-order valence-corrected chi connectivity index (χ0v) is 14.4. The molecule has 0 spiro atoms. The number of ether oxygens (including phenoxy) is 1. The Hall–Kier alpha value is -1.59. The number of hydrogen-bond acceptors (Lipinski definition) is 4. The zero-order valence-electron chi connectivity index (χ0n) is 14.4. The van der Waals surface area contributed by atoms with E-state index >= 15 is 0 Å². The van der Waals surface area contributed by atoms with Crippen molar-refractivity contribution in [3.63, 3.8) is 0 Å². The van der Waals surface area contributed by atoms with Gasteiger partial charge < -0.3 is 14.5 Å². The van der Waals surface area contributed by atoms with Crippen LogP contribution in [0.4, 0.5) is 0 Å². The lowest BCUT2D eigenvalue weighted by molar-refractivity contribution is -0.159. The molecule has 0 aliphatic carbocycles. The lowest BCUT2D eigenvalue weighted by Gasteiger charge is -2.40. The third-order valence-electron chi connectivity index (χ3n) is 4.94. The van der Waals surface area contributed by atoms with E-state index in [0.717, 1.165) is 25.7 Å². The number of piperidine rings is 2. The predicted molar refractivity (Wildman–Crippen MR) is 85.6 cm³/mol. The first-order valence-electron chi connectivity index (χ1n) is 8.73. The topological polar surface area (TPSA) is 66.9 Å². The highest BCUT2D eigenvalue weighted by molar-refractivity contribution is 6.35. The van der Waals surface area contributed by atoms with Crippen molar-refractivity contribution >= 4 is 17.8 Å². The van der Waals surface area contributed by atoms with E-state index in [9.17, 15) is 14.4 Å². The van der Waals surface area contributed by atoms with Gasteiger partial charge in [0.1, 0.15) is 0 Å². The Balaban J connectivity index is 2.01. The standard InChI is InChI=1S/C17H28N2O4/c1-4-23-17(22)14-9-6-10-18(11-14)15(20)16(21)19-12(2)7-5-8-13(19)3/h12-14H,4-11H2,1-3H3. The Morgan fingerprint density at radius 1 is 1.00 bits per heavy atom. The Kier molecular flexibility index (Phi) is 6.02. The van der Waals surface area contributed by atoms with Gasteiger partial charge in [0, 0.05) is 25.2 Å². The molecule has 2 rings (SSSR count). The molecule has 2 aliphatic rings. The lowest BCUT2D eigenvalue weighted by atomic mass is 9.96. The molecular formula is C17H28N2O4. The number of rotatable bonds is 2. The molecule has 6 nitrogen and oxygen atoms in total. The molecule has 3 unspecified atom stereocenters. The molecule has 2 amide bonds. The highest BCUT2D eigenvalue weighted by Gasteiger charge is 2.37. The van der Waals surface area contributed by atoms with Crippen molar-refractivity contribution in [3.05, 3.63) is 0 Å². The summed E-state index contributed by atoms with van der Waals surface area (Å²) in [6, 6.07) is 0.196. The van der Waals surface area contributed by atoms with E-state index in [0.29, 0.717) is 26.1 Å². The quantitative estimate of drug-likeness (QED) is 0.571. The number of carbonyl (C=O) groups excluding carboxylic acids is 3. The van der Waals surface area contributed by atoms with Crippen LogP contribution in [0.15, 0.2) is 0 Å². The van der Waals surface area contributed by atoms with Crippen molar-refractivity contribution in [1.82, 2.24) is 9.80 Å². The maximum Gasteiger partial charge on any atom is 0.312 e. The average molecular weight is 324 g/mol. The predicted octanol–water partition coefficient (Wildman–Crippen LogP) is 1.58. The van der Waals surface area contributed by atoms with Crippen molar-refractivity contribution in [2.45, 2.75) is 65.0 Å². The first-order chi connectivity index (χ1) is 11.0. The van der Waals surface area contributed by atoms with Crippen LogP contribution in [0.5, 0.6) is 0 Å². The number of hydrogen-bond donors (Lipinski definition) is 0. The molecule has 0 aromatic heterocycles. The molecule has 0 saturated carbocycles. The molecular weight excluding hydrogens is 296 g/mol. The minimum absolute atomic E-state index is 0.0980. The highest BCUT2D eigenvalue weighted by atomic mass is 16.5. The summed E-state index contributed by atoms with van der Waals surface area (Å²) < 4.78 is 5.05. The summed E-state index contributed by atoms with van der Waals surface area (Å²) in [4.78, 5) is 40.4. The second-order valence-corrected chi connectivity index (χ2v) is 6.68. The molecule has 3 atom stereocenters. The molecule has 2 heterocycles. The minimum Gasteiger partial charge on any atom is -0.466 e. The van der Waals surface area contributed by atoms with E-state index in [4.69, 9.17) is 4.74 Å². The smallest absolute Gasteiger partial charge is 0.312 e. The van der Waals surface area contributed by atoms with E-state index in [1.807, 2.05) is 13.8 Å². The Bertz CT molecular complexity index is 456. The van der Waals surface area contributed by atoms with Gasteiger partial charge in [0.15, 0.2) is 0 Å². The van der Waals surface area contributed by atoms with Gasteiger partial charge in [0.2, 0.25) is 0 Å². The largest absolute Gasteiger partial charge is 0.466 e. The molecule has 0 aromatic rings. The van der Waals surface area contributed by atoms with Crippen molar-refractivity contribution in [2.75, 3.05) is 19.7 Å². The summed E-state index contributed by atoms with van der Waals surface area (Å²) >= 11 is 0. The molecule has 2 fully saturated rings. The van der Waals surface area contributed by atoms with Crippen LogP contribution < -0.4 is 0 Å². The van der Waals surface area contributed by atoms with E-state index in [1.165, 1.54) is 4.90 Å². The molecule has 2 saturated heterocycles. The van der Waals surface area contributed by atoms with E-state index in [-0.39, 0.29) is 24.0 Å². The molecule has 0 bridgehead atoms. The number of amides is 2. The SMILES string of the molecule is CCOC(=O)C1CCCN(C(=O)C(=O)N2C(C)CCCC2C)C1. The van der Waals surface area contributed by atoms with Crippen molar-refractivity contribution in [3.8, 4) is 0 Å². The van der Waals surface area contributed by atoms with Crippen LogP contribution in [0.25, 0.3) is 0 Å². The van der Waals surface area contributed by atoms with Gasteiger partial charge in [-0.15, -0.1) is 0 Å². The van der Waals surface area contributed by atoms with Crippen LogP contribution in [0, 0.1) is 5.92 Å². The Morgan fingerprint density at radius 3 is 2.26 bits per heavy atom. The summed E-state index contributed by atoms with van der Waals surface area (Å²) in [7, 11) is 0. The van der Waals surface area contributed by atoms with Crippen LogP contribution in [0.2, 0.25) is 0 Å². The molecule has 0 radical (unpaired) electrons. The Labute approximate surface area is 138 Å². The van der Waals surface area contributed by atoms with Crippen LogP contribution >= 0.6 is 0 Å². The van der Waals surface area contributed by atoms with E-state index < -0.39 is 11.8 Å². The summed E-state index contributed by atoms with van der Waals surface area (Å²) in [5.74, 6) is -1.47. The van der Waals surface area contributed by atoms with Crippen LogP contribution in [-0.4, -0.2) is 59.4 Å². The monoisotopic (exact) mass is 324 g/mol. The van der Waals surface area contributed by atoms with E-state index in [2.05, 4.69) is 0 Å². The van der Waals surface area contributed by atoms with Gasteiger partial charge in [-0.1, -0.05) is 0 Å². The lowest BCUT2D eigenvalue weighted by Crippen LogP contribution is -2.55. The normalized spacial score (nSPS) is 28.4. The van der Waals surface area contributed by atoms with Gasteiger partial charge >= 0.3 is 17.8 Å². The second-order valence-electron chi connectivity index (χ2n) is 6.68. The number of carbonyl (C=O) groups is 3. The fourth-order valence-corrected chi connectivity index (χ4v) is 3.68. The maximum absolute atomic E-state index is 12.6. The van der Waals surface area contributed by atoms with Crippen molar-refractivity contribution in [1.29, 1.82) is 0 Å². The molecule has 23 heavy (non-hydrogen) atoms. The summed E-state index contributed by atoms with van der Waals surface area (Å²) in [6.45, 7) is 6.94. The molecule has 130 valence electrons. The fraction of sp³-hybridized carbons (Fsp3) is 0.824. The van der Waals surface area contributed by atoms with Gasteiger partial charge in [-0.05, 0) is 52.9 Å². The second kappa shape index (κ2) is 7.79. The molecule has 0 N–H and O–H groups in total. The first-order valence-corrected chi connectivity index (χ1v) is 8.73. The number of nitrogens with zero attached hydrogens (tertiary/aromatic N) is 2. The number of esters is 1. The highest BCUT2D eigenvalue weighted by Crippen LogP contribution is 2.24. The van der Waals surface area contributed by atoms with Crippen molar-refractivity contribution < 1.29 is 19.1 Å². The van der Waals surface area contributed by atoms with Crippen LogP contribution in [0.1, 0.15) is 52.9 Å². The third kappa shape index (κ3) is 4.03. The van der Waals surface area contributed by atoms with Gasteiger partial charge in [-0.2, -0.15) is 0 Å². The van der Waals surface area contributed by atoms with Gasteiger partial charge in [0.25, 0.3) is 0 Å². The summed E-state index contributed by atoms with van der Waals surface area (Å²) in [5.41, 5.74) is 0. The minimum atomic E-state index is -0.473. The maximum atomic E-state index is 12.6. The third-order valence-corrected chi connectivity index (χ3v) is 4.94. The van der Waals surface area contributed by atoms with E-state index in [1.54, 1.807) is 11.8 Å². The van der Waals surface area contributed by atoms with Crippen LogP contribution in [0.3, 0.4) is 0 Å². The van der Waals surface area contributed by atoms with Gasteiger partial charge in [0.05, 0.1) is 12.5 Å². The van der Waals surface area contributed by atoms with Gasteiger partial charge in [-0.3, -0.25) is 14.4 Å². The summed E-state index contributed by atoms with van der Waals surface area (Å²) in [6.07, 6.45) is 4.42. The molecule has 2 aliphatic heterocycles. The first kappa shape index (κ1) is 17.8. The molecule has 6 heteroatoms. The molecule has 0 aromatic carbocycles.